The number of ether oxygens (including phenoxy) is 1. The Labute approximate surface area is 203 Å². The number of fused-ring (bicyclic) bond motifs is 10. The molecular weight excluding hydrogens is 449 g/mol. The van der Waals surface area contributed by atoms with E-state index in [0.717, 1.165) is 11.1 Å². The maximum Gasteiger partial charge on any atom is 0.243 e. The molecule has 0 fully saturated rings. The van der Waals surface area contributed by atoms with Crippen molar-refractivity contribution in [1.29, 1.82) is 0 Å². The summed E-state index contributed by atoms with van der Waals surface area (Å²) in [5.74, 6) is -0.132. The van der Waals surface area contributed by atoms with Gasteiger partial charge in [-0.15, -0.1) is 0 Å². The van der Waals surface area contributed by atoms with Crippen LogP contribution in [0.1, 0.15) is 30.4 Å². The molecule has 2 aromatic rings. The van der Waals surface area contributed by atoms with Gasteiger partial charge in [0.1, 0.15) is 23.4 Å². The molecule has 2 heterocycles. The van der Waals surface area contributed by atoms with Crippen LogP contribution in [0.15, 0.2) is 72.1 Å². The summed E-state index contributed by atoms with van der Waals surface area (Å²) in [6, 6.07) is 13.9. The topological polar surface area (TPSA) is 96.5 Å². The highest BCUT2D eigenvalue weighted by Gasteiger charge is 2.22. The monoisotopic (exact) mass is 477 g/mol. The van der Waals surface area contributed by atoms with E-state index < -0.39 is 17.9 Å². The minimum absolute atomic E-state index is 0.0372. The van der Waals surface area contributed by atoms with E-state index in [4.69, 9.17) is 4.74 Å². The lowest BCUT2D eigenvalue weighted by Gasteiger charge is -2.20. The van der Waals surface area contributed by atoms with E-state index in [1.54, 1.807) is 18.2 Å². The molecule has 0 spiro atoms. The smallest absolute Gasteiger partial charge is 0.243 e. The summed E-state index contributed by atoms with van der Waals surface area (Å²) < 4.78 is 20.0. The third-order valence-electron chi connectivity index (χ3n) is 5.89. The highest BCUT2D eigenvalue weighted by Crippen LogP contribution is 2.24. The largest absolute Gasteiger partial charge is 0.457 e. The van der Waals surface area contributed by atoms with Crippen molar-refractivity contribution in [2.45, 2.75) is 38.1 Å². The molecular formula is C27H28FN3O4. The van der Waals surface area contributed by atoms with Crippen molar-refractivity contribution < 1.29 is 23.5 Å². The van der Waals surface area contributed by atoms with Crippen LogP contribution in [0.5, 0.6) is 11.5 Å². The lowest BCUT2D eigenvalue weighted by molar-refractivity contribution is -0.129. The van der Waals surface area contributed by atoms with Crippen LogP contribution in [0.2, 0.25) is 0 Å². The predicted octanol–water partition coefficient (Wildman–Crippen LogP) is 3.26. The van der Waals surface area contributed by atoms with Gasteiger partial charge in [0, 0.05) is 31.4 Å². The number of allylic oxidation sites excluding steroid dienone is 2. The van der Waals surface area contributed by atoms with Crippen molar-refractivity contribution in [3.63, 3.8) is 0 Å². The lowest BCUT2D eigenvalue weighted by Crippen LogP contribution is -2.50. The number of hydrogen-bond donors (Lipinski definition) is 3. The minimum Gasteiger partial charge on any atom is -0.457 e. The molecule has 3 amide bonds. The van der Waals surface area contributed by atoms with Gasteiger partial charge in [-0.25, -0.2) is 4.39 Å². The zero-order chi connectivity index (χ0) is 24.6. The second kappa shape index (κ2) is 11.5. The van der Waals surface area contributed by atoms with E-state index in [0.29, 0.717) is 36.3 Å². The van der Waals surface area contributed by atoms with Crippen LogP contribution < -0.4 is 20.7 Å². The first-order valence-corrected chi connectivity index (χ1v) is 11.7. The lowest BCUT2D eigenvalue weighted by atomic mass is 10.0. The van der Waals surface area contributed by atoms with Crippen LogP contribution in [0.4, 0.5) is 4.39 Å². The van der Waals surface area contributed by atoms with Gasteiger partial charge in [0.2, 0.25) is 17.7 Å². The third-order valence-corrected chi connectivity index (χ3v) is 5.89. The predicted molar refractivity (Wildman–Crippen MR) is 129 cm³/mol. The second-order valence-electron chi connectivity index (χ2n) is 8.58. The van der Waals surface area contributed by atoms with Gasteiger partial charge in [-0.2, -0.15) is 0 Å². The van der Waals surface area contributed by atoms with Crippen LogP contribution in [0, 0.1) is 0 Å². The van der Waals surface area contributed by atoms with E-state index in [2.05, 4.69) is 16.0 Å². The molecule has 0 radical (unpaired) electrons. The van der Waals surface area contributed by atoms with Crippen LogP contribution in [0.3, 0.4) is 0 Å². The van der Waals surface area contributed by atoms with E-state index in [-0.39, 0.29) is 37.7 Å². The summed E-state index contributed by atoms with van der Waals surface area (Å²) in [6.45, 7) is -0.206. The van der Waals surface area contributed by atoms with Crippen molar-refractivity contribution in [1.82, 2.24) is 16.0 Å². The molecule has 0 aromatic heterocycles. The normalized spacial score (nSPS) is 18.8. The quantitative estimate of drug-likeness (QED) is 0.632. The molecule has 0 saturated heterocycles. The minimum atomic E-state index is -0.895. The fourth-order valence-corrected chi connectivity index (χ4v) is 3.96. The van der Waals surface area contributed by atoms with E-state index in [9.17, 15) is 18.8 Å². The van der Waals surface area contributed by atoms with E-state index in [1.165, 1.54) is 0 Å². The molecule has 7 nitrogen and oxygen atoms in total. The van der Waals surface area contributed by atoms with Gasteiger partial charge in [0.25, 0.3) is 0 Å². The number of carbonyl (C=O) groups excluding carboxylic acids is 3. The standard InChI is InChI=1S/C27H28FN3O4/c28-23-7-2-1-5-20(23)16-30-27(34)24-15-19-8-11-21(12-9-19)35-22-6-3-4-18(14-22)10-13-25(32)29-17-26(33)31-24/h1,3-6,8-9,11-12,14,24H,2,7,10,13,15-17H2,(H,29,32)(H,30,34)(H,31,33). The van der Waals surface area contributed by atoms with Gasteiger partial charge >= 0.3 is 0 Å². The van der Waals surface area contributed by atoms with Gasteiger partial charge in [-0.05, 0) is 48.2 Å². The number of carbonyl (C=O) groups is 3. The molecule has 8 heteroatoms. The SMILES string of the molecule is O=C1CCc2cccc(c2)Oc2ccc(cc2)CC(C(=O)NCC2=C(F)CCC=C2)NC(=O)CN1. The number of aryl methyl sites for hydroxylation is 1. The Hall–Kier alpha value is -3.94. The first-order valence-electron chi connectivity index (χ1n) is 11.7. The summed E-state index contributed by atoms with van der Waals surface area (Å²) in [5, 5.41) is 8.02. The molecule has 2 aliphatic heterocycles. The summed E-state index contributed by atoms with van der Waals surface area (Å²) >= 11 is 0. The van der Waals surface area contributed by atoms with Crippen LogP contribution in [-0.2, 0) is 27.2 Å². The van der Waals surface area contributed by atoms with Crippen LogP contribution >= 0.6 is 0 Å². The zero-order valence-corrected chi connectivity index (χ0v) is 19.3. The molecule has 1 unspecified atom stereocenters. The average Bonchev–Trinajstić information content (AvgIpc) is 2.86. The highest BCUT2D eigenvalue weighted by molar-refractivity contribution is 5.90. The van der Waals surface area contributed by atoms with Crippen molar-refractivity contribution in [2.75, 3.05) is 13.1 Å². The van der Waals surface area contributed by atoms with Crippen LogP contribution in [-0.4, -0.2) is 36.9 Å². The maximum atomic E-state index is 14.0. The Kier molecular flexibility index (Phi) is 7.92. The molecule has 3 N–H and O–H groups in total. The number of hydrogen-bond acceptors (Lipinski definition) is 4. The molecule has 4 bridgehead atoms. The summed E-state index contributed by atoms with van der Waals surface area (Å²) in [7, 11) is 0. The molecule has 5 rings (SSSR count). The van der Waals surface area contributed by atoms with Gasteiger partial charge in [0.15, 0.2) is 0 Å². The number of halogens is 1. The fraction of sp³-hybridized carbons (Fsp3) is 0.296. The number of benzene rings is 2. The zero-order valence-electron chi connectivity index (χ0n) is 19.3. The Balaban J connectivity index is 1.51. The number of amides is 3. The maximum absolute atomic E-state index is 14.0. The van der Waals surface area contributed by atoms with Gasteiger partial charge in [0.05, 0.1) is 6.54 Å². The first kappa shape index (κ1) is 24.2. The summed E-state index contributed by atoms with van der Waals surface area (Å²) in [4.78, 5) is 37.7. The third kappa shape index (κ3) is 7.02. The summed E-state index contributed by atoms with van der Waals surface area (Å²) in [5.41, 5.74) is 2.18. The molecule has 35 heavy (non-hydrogen) atoms. The molecule has 3 aliphatic rings. The molecule has 182 valence electrons. The van der Waals surface area contributed by atoms with Crippen molar-refractivity contribution >= 4 is 17.7 Å². The first-order chi connectivity index (χ1) is 17.0. The second-order valence-corrected chi connectivity index (χ2v) is 8.58. The molecule has 0 saturated carbocycles. The van der Waals surface area contributed by atoms with E-state index in [1.807, 2.05) is 42.5 Å². The van der Waals surface area contributed by atoms with Gasteiger partial charge < -0.3 is 20.7 Å². The number of nitrogens with one attached hydrogen (secondary N) is 3. The molecule has 1 atom stereocenters. The van der Waals surface area contributed by atoms with Crippen molar-refractivity contribution in [3.8, 4) is 11.5 Å². The Morgan fingerprint density at radius 2 is 1.83 bits per heavy atom. The van der Waals surface area contributed by atoms with Crippen LogP contribution in [0.25, 0.3) is 0 Å². The Bertz CT molecular complexity index is 1160. The van der Waals surface area contributed by atoms with Gasteiger partial charge in [-0.1, -0.05) is 36.4 Å². The number of rotatable bonds is 3. The van der Waals surface area contributed by atoms with E-state index >= 15 is 0 Å². The highest BCUT2D eigenvalue weighted by atomic mass is 19.1. The van der Waals surface area contributed by atoms with Crippen molar-refractivity contribution in [3.05, 3.63) is 83.2 Å². The fourth-order valence-electron chi connectivity index (χ4n) is 3.96. The average molecular weight is 478 g/mol. The summed E-state index contributed by atoms with van der Waals surface area (Å²) in [6.07, 6.45) is 5.42. The Morgan fingerprint density at radius 1 is 1.00 bits per heavy atom. The molecule has 2 aromatic carbocycles. The van der Waals surface area contributed by atoms with Crippen molar-refractivity contribution in [2.24, 2.45) is 0 Å². The van der Waals surface area contributed by atoms with Gasteiger partial charge in [-0.3, -0.25) is 14.4 Å². The Morgan fingerprint density at radius 3 is 2.63 bits per heavy atom. The molecule has 1 aliphatic carbocycles.